The van der Waals surface area contributed by atoms with E-state index in [1.807, 2.05) is 20.8 Å². The van der Waals surface area contributed by atoms with Crippen LogP contribution in [0.25, 0.3) is 0 Å². The maximum atomic E-state index is 12.6. The van der Waals surface area contributed by atoms with E-state index in [1.165, 1.54) is 18.5 Å². The number of benzene rings is 1. The van der Waals surface area contributed by atoms with E-state index in [0.717, 1.165) is 5.56 Å². The van der Waals surface area contributed by atoms with E-state index in [2.05, 4.69) is 15.3 Å². The largest absolute Gasteiger partial charge is 0.506 e. The molecule has 3 rings (SSSR count). The second kappa shape index (κ2) is 9.28. The summed E-state index contributed by atoms with van der Waals surface area (Å²) in [5, 5.41) is 13.8. The maximum absolute atomic E-state index is 12.6. The fourth-order valence-corrected chi connectivity index (χ4v) is 3.86. The average Bonchev–Trinajstić information content (AvgIpc) is 2.72. The van der Waals surface area contributed by atoms with Crippen LogP contribution in [0.1, 0.15) is 36.7 Å². The lowest BCUT2D eigenvalue weighted by molar-refractivity contribution is -0.130. The molecule has 1 saturated heterocycles. The SMILES string of the molecule is CC(C)(C)c1cc(NCC(=O)N2CCN(C(=O)c3cnc(Cl)nc3)CC2)c(O)cc1Cl. The molecule has 1 aliphatic heterocycles. The Bertz CT molecular complexity index is 968. The lowest BCUT2D eigenvalue weighted by Crippen LogP contribution is -2.51. The van der Waals surface area contributed by atoms with Crippen LogP contribution in [0.2, 0.25) is 10.3 Å². The van der Waals surface area contributed by atoms with Crippen LogP contribution in [0.3, 0.4) is 0 Å². The summed E-state index contributed by atoms with van der Waals surface area (Å²) in [5.41, 5.74) is 1.49. The molecule has 31 heavy (non-hydrogen) atoms. The summed E-state index contributed by atoms with van der Waals surface area (Å²) in [4.78, 5) is 36.2. The third-order valence-corrected chi connectivity index (χ3v) is 5.62. The molecule has 0 radical (unpaired) electrons. The zero-order valence-corrected chi connectivity index (χ0v) is 19.2. The number of aromatic hydroxyl groups is 1. The molecule has 0 bridgehead atoms. The summed E-state index contributed by atoms with van der Waals surface area (Å²) < 4.78 is 0. The highest BCUT2D eigenvalue weighted by Gasteiger charge is 2.26. The van der Waals surface area contributed by atoms with Crippen molar-refractivity contribution in [1.29, 1.82) is 0 Å². The van der Waals surface area contributed by atoms with Crippen molar-refractivity contribution >= 4 is 40.7 Å². The molecule has 2 heterocycles. The number of amides is 2. The second-order valence-electron chi connectivity index (χ2n) is 8.37. The maximum Gasteiger partial charge on any atom is 0.257 e. The van der Waals surface area contributed by atoms with Gasteiger partial charge in [0.25, 0.3) is 5.91 Å². The van der Waals surface area contributed by atoms with E-state index in [-0.39, 0.29) is 34.8 Å². The number of phenolic OH excluding ortho intramolecular Hbond substituents is 1. The minimum absolute atomic E-state index is 0.00796. The van der Waals surface area contributed by atoms with Crippen molar-refractivity contribution in [2.24, 2.45) is 0 Å². The molecule has 1 aromatic heterocycles. The van der Waals surface area contributed by atoms with Crippen LogP contribution in [-0.2, 0) is 10.2 Å². The van der Waals surface area contributed by atoms with Crippen LogP contribution in [0.15, 0.2) is 24.5 Å². The predicted molar refractivity (Wildman–Crippen MR) is 120 cm³/mol. The Kier molecular flexibility index (Phi) is 6.91. The van der Waals surface area contributed by atoms with Gasteiger partial charge in [0.1, 0.15) is 5.75 Å². The first-order chi connectivity index (χ1) is 14.6. The molecule has 2 N–H and O–H groups in total. The number of rotatable bonds is 4. The smallest absolute Gasteiger partial charge is 0.257 e. The third-order valence-electron chi connectivity index (χ3n) is 5.11. The summed E-state index contributed by atoms with van der Waals surface area (Å²) in [7, 11) is 0. The Morgan fingerprint density at radius 2 is 1.65 bits per heavy atom. The number of carbonyl (C=O) groups is 2. The fourth-order valence-electron chi connectivity index (χ4n) is 3.33. The molecule has 1 aliphatic rings. The van der Waals surface area contributed by atoms with E-state index < -0.39 is 0 Å². The number of aromatic nitrogens is 2. The van der Waals surface area contributed by atoms with Crippen LogP contribution >= 0.6 is 23.2 Å². The molecule has 0 atom stereocenters. The molecule has 8 nitrogen and oxygen atoms in total. The van der Waals surface area contributed by atoms with E-state index >= 15 is 0 Å². The highest BCUT2D eigenvalue weighted by molar-refractivity contribution is 6.31. The quantitative estimate of drug-likeness (QED) is 0.531. The Morgan fingerprint density at radius 1 is 1.06 bits per heavy atom. The minimum atomic E-state index is -0.205. The minimum Gasteiger partial charge on any atom is -0.506 e. The summed E-state index contributed by atoms with van der Waals surface area (Å²) in [6, 6.07) is 3.26. The number of piperazine rings is 1. The molecule has 0 aliphatic carbocycles. The van der Waals surface area contributed by atoms with Gasteiger partial charge in [-0.15, -0.1) is 0 Å². The lowest BCUT2D eigenvalue weighted by Gasteiger charge is -2.34. The van der Waals surface area contributed by atoms with Gasteiger partial charge in [-0.05, 0) is 28.6 Å². The summed E-state index contributed by atoms with van der Waals surface area (Å²) in [5.74, 6) is -0.317. The molecule has 0 saturated carbocycles. The van der Waals surface area contributed by atoms with Crippen molar-refractivity contribution in [3.8, 4) is 5.75 Å². The van der Waals surface area contributed by atoms with Crippen molar-refractivity contribution in [2.75, 3.05) is 38.0 Å². The van der Waals surface area contributed by atoms with Crippen LogP contribution in [-0.4, -0.2) is 69.4 Å². The number of carbonyl (C=O) groups excluding carboxylic acids is 2. The average molecular weight is 466 g/mol. The van der Waals surface area contributed by atoms with Gasteiger partial charge >= 0.3 is 0 Å². The Hall–Kier alpha value is -2.58. The number of nitrogens with zero attached hydrogens (tertiary/aromatic N) is 4. The molecule has 2 aromatic rings. The second-order valence-corrected chi connectivity index (χ2v) is 9.11. The zero-order valence-electron chi connectivity index (χ0n) is 17.7. The monoisotopic (exact) mass is 465 g/mol. The summed E-state index contributed by atoms with van der Waals surface area (Å²) in [6.07, 6.45) is 2.78. The highest BCUT2D eigenvalue weighted by atomic mass is 35.5. The van der Waals surface area contributed by atoms with Gasteiger partial charge in [-0.3, -0.25) is 9.59 Å². The standard InChI is InChI=1S/C21H25Cl2N5O3/c1-21(2,3)14-8-16(17(29)9-15(14)22)24-12-18(30)27-4-6-28(7-5-27)19(31)13-10-25-20(23)26-11-13/h8-11,24,29H,4-7,12H2,1-3H3. The Labute approximate surface area is 191 Å². The number of anilines is 1. The van der Waals surface area contributed by atoms with Gasteiger partial charge in [-0.25, -0.2) is 9.97 Å². The van der Waals surface area contributed by atoms with Crippen LogP contribution in [0.5, 0.6) is 5.75 Å². The first-order valence-corrected chi connectivity index (χ1v) is 10.6. The van der Waals surface area contributed by atoms with Gasteiger partial charge < -0.3 is 20.2 Å². The number of hydrogen-bond acceptors (Lipinski definition) is 6. The van der Waals surface area contributed by atoms with Crippen molar-refractivity contribution < 1.29 is 14.7 Å². The van der Waals surface area contributed by atoms with Crippen molar-refractivity contribution in [3.05, 3.63) is 46.0 Å². The molecule has 1 fully saturated rings. The molecule has 166 valence electrons. The first-order valence-electron chi connectivity index (χ1n) is 9.87. The van der Waals surface area contributed by atoms with Gasteiger partial charge in [-0.2, -0.15) is 0 Å². The lowest BCUT2D eigenvalue weighted by atomic mass is 9.86. The van der Waals surface area contributed by atoms with E-state index in [1.54, 1.807) is 15.9 Å². The molecule has 0 unspecified atom stereocenters. The van der Waals surface area contributed by atoms with E-state index in [4.69, 9.17) is 23.2 Å². The molecule has 1 aromatic carbocycles. The number of hydrogen-bond donors (Lipinski definition) is 2. The van der Waals surface area contributed by atoms with Crippen LogP contribution in [0.4, 0.5) is 5.69 Å². The first kappa shape index (κ1) is 23.1. The number of phenols is 1. The molecule has 2 amide bonds. The van der Waals surface area contributed by atoms with Crippen molar-refractivity contribution in [2.45, 2.75) is 26.2 Å². The van der Waals surface area contributed by atoms with Gasteiger partial charge in [-0.1, -0.05) is 32.4 Å². The summed E-state index contributed by atoms with van der Waals surface area (Å²) >= 11 is 11.9. The fraction of sp³-hybridized carbons (Fsp3) is 0.429. The van der Waals surface area contributed by atoms with E-state index in [0.29, 0.717) is 42.5 Å². The Morgan fingerprint density at radius 3 is 2.23 bits per heavy atom. The van der Waals surface area contributed by atoms with E-state index in [9.17, 15) is 14.7 Å². The van der Waals surface area contributed by atoms with Gasteiger partial charge in [0.15, 0.2) is 0 Å². The topological polar surface area (TPSA) is 98.7 Å². The molecule has 0 spiro atoms. The molecule has 10 heteroatoms. The molecular formula is C21H25Cl2N5O3. The third kappa shape index (κ3) is 5.57. The number of halogens is 2. The van der Waals surface area contributed by atoms with Crippen molar-refractivity contribution in [1.82, 2.24) is 19.8 Å². The van der Waals surface area contributed by atoms with Crippen LogP contribution < -0.4 is 5.32 Å². The normalized spacial score (nSPS) is 14.5. The van der Waals surface area contributed by atoms with Crippen molar-refractivity contribution in [3.63, 3.8) is 0 Å². The van der Waals surface area contributed by atoms with Gasteiger partial charge in [0.2, 0.25) is 11.2 Å². The zero-order chi connectivity index (χ0) is 22.8. The number of nitrogens with one attached hydrogen (secondary N) is 1. The van der Waals surface area contributed by atoms with Crippen LogP contribution in [0, 0.1) is 0 Å². The highest BCUT2D eigenvalue weighted by Crippen LogP contribution is 2.36. The Balaban J connectivity index is 1.56. The molecular weight excluding hydrogens is 441 g/mol. The summed E-state index contributed by atoms with van der Waals surface area (Å²) in [6.45, 7) is 7.76. The van der Waals surface area contributed by atoms with Gasteiger partial charge in [0.05, 0.1) is 17.8 Å². The predicted octanol–water partition coefficient (Wildman–Crippen LogP) is 3.18. The van der Waals surface area contributed by atoms with Gasteiger partial charge in [0, 0.05) is 49.7 Å².